The average molecular weight is 716 g/mol. The summed E-state index contributed by atoms with van der Waals surface area (Å²) in [7, 11) is 4.91. The third-order valence-corrected chi connectivity index (χ3v) is 7.72. The molecule has 50 heavy (non-hydrogen) atoms. The molecule has 3 amide bonds. The van der Waals surface area contributed by atoms with Gasteiger partial charge in [0.15, 0.2) is 5.15 Å². The fraction of sp³-hybridized carbons (Fsp3) is 0.176. The lowest BCUT2D eigenvalue weighted by molar-refractivity contribution is -0.117. The predicted molar refractivity (Wildman–Crippen MR) is 190 cm³/mol. The van der Waals surface area contributed by atoms with Crippen LogP contribution in [0.5, 0.6) is 0 Å². The maximum atomic E-state index is 13.5. The van der Waals surface area contributed by atoms with Gasteiger partial charge in [0.05, 0.1) is 31.1 Å². The van der Waals surface area contributed by atoms with Gasteiger partial charge in [-0.15, -0.1) is 10.2 Å². The molecule has 0 aliphatic carbocycles. The molecule has 3 N–H and O–H groups in total. The summed E-state index contributed by atoms with van der Waals surface area (Å²) in [6.07, 6.45) is 4.17. The van der Waals surface area contributed by atoms with Crippen molar-refractivity contribution in [2.45, 2.75) is 12.5 Å². The standard InChI is InChI=1S/C34H32Cl2N10O4/c1-45(2)19-32(48)38-25-10-4-21(5-11-25)16-28(40-31(47)15-8-23-17-24(35)9-14-30(23)46-20-37-43-44-46)29-18-27(33(36)42-41-29)22-6-12-26(13-7-22)39-34(49)50-3/h4-15,17-18,20,28H,16,19H2,1-3H3,(H,38,48)(H,39,49)(H,40,47)/b15-8+. The van der Waals surface area contributed by atoms with Crippen LogP contribution in [-0.4, -0.2) is 81.0 Å². The number of halogens is 2. The van der Waals surface area contributed by atoms with E-state index in [1.807, 2.05) is 26.2 Å². The fourth-order valence-corrected chi connectivity index (χ4v) is 5.25. The first-order chi connectivity index (χ1) is 24.1. The monoisotopic (exact) mass is 714 g/mol. The second kappa shape index (κ2) is 16.6. The molecule has 256 valence electrons. The molecule has 0 radical (unpaired) electrons. The minimum absolute atomic E-state index is 0.138. The number of tetrazole rings is 1. The summed E-state index contributed by atoms with van der Waals surface area (Å²) in [5.74, 6) is -0.553. The molecule has 14 nitrogen and oxygen atoms in total. The van der Waals surface area contributed by atoms with Crippen molar-refractivity contribution in [3.8, 4) is 16.8 Å². The van der Waals surface area contributed by atoms with Gasteiger partial charge in [-0.3, -0.25) is 14.9 Å². The topological polar surface area (TPSA) is 169 Å². The Balaban J connectivity index is 1.42. The van der Waals surface area contributed by atoms with Crippen LogP contribution in [0.2, 0.25) is 10.2 Å². The van der Waals surface area contributed by atoms with Gasteiger partial charge in [0.25, 0.3) is 0 Å². The minimum atomic E-state index is -0.650. The van der Waals surface area contributed by atoms with Crippen molar-refractivity contribution in [1.82, 2.24) is 40.6 Å². The molecule has 3 aromatic carbocycles. The van der Waals surface area contributed by atoms with Crippen molar-refractivity contribution in [3.05, 3.63) is 112 Å². The Labute approximate surface area is 297 Å². The molecule has 2 aromatic heterocycles. The number of benzene rings is 3. The maximum Gasteiger partial charge on any atom is 0.411 e. The molecular weight excluding hydrogens is 683 g/mol. The fourth-order valence-electron chi connectivity index (χ4n) is 4.87. The Bertz CT molecular complexity index is 1990. The molecule has 5 aromatic rings. The number of hydrogen-bond donors (Lipinski definition) is 3. The lowest BCUT2D eigenvalue weighted by Crippen LogP contribution is -2.29. The normalized spacial score (nSPS) is 11.7. The molecule has 1 atom stereocenters. The molecule has 0 spiro atoms. The summed E-state index contributed by atoms with van der Waals surface area (Å²) in [6.45, 7) is 0.248. The Morgan fingerprint density at radius 2 is 1.66 bits per heavy atom. The summed E-state index contributed by atoms with van der Waals surface area (Å²) in [5, 5.41) is 29.0. The van der Waals surface area contributed by atoms with Crippen LogP contribution in [0.3, 0.4) is 0 Å². The van der Waals surface area contributed by atoms with Crippen LogP contribution in [-0.2, 0) is 20.7 Å². The minimum Gasteiger partial charge on any atom is -0.453 e. The van der Waals surface area contributed by atoms with Gasteiger partial charge in [-0.1, -0.05) is 47.5 Å². The van der Waals surface area contributed by atoms with Crippen LogP contribution in [0.4, 0.5) is 16.2 Å². The number of carbonyl (C=O) groups excluding carboxylic acids is 3. The van der Waals surface area contributed by atoms with Crippen LogP contribution in [0.15, 0.2) is 85.2 Å². The van der Waals surface area contributed by atoms with E-state index in [1.54, 1.807) is 71.6 Å². The van der Waals surface area contributed by atoms with Gasteiger partial charge in [-0.05, 0) is 96.7 Å². The third-order valence-electron chi connectivity index (χ3n) is 7.21. The molecule has 2 heterocycles. The Kier molecular flexibility index (Phi) is 11.8. The highest BCUT2D eigenvalue weighted by Crippen LogP contribution is 2.30. The van der Waals surface area contributed by atoms with Gasteiger partial charge in [0, 0.05) is 33.6 Å². The summed E-state index contributed by atoms with van der Waals surface area (Å²) in [5.41, 5.74) is 4.99. The average Bonchev–Trinajstić information content (AvgIpc) is 3.63. The van der Waals surface area contributed by atoms with E-state index in [1.165, 1.54) is 24.2 Å². The second-order valence-electron chi connectivity index (χ2n) is 11.2. The van der Waals surface area contributed by atoms with Crippen LogP contribution in [0.25, 0.3) is 22.9 Å². The highest BCUT2D eigenvalue weighted by Gasteiger charge is 2.20. The number of nitrogens with one attached hydrogen (secondary N) is 3. The van der Waals surface area contributed by atoms with Gasteiger partial charge in [-0.2, -0.15) is 9.78 Å². The zero-order valence-corrected chi connectivity index (χ0v) is 28.7. The van der Waals surface area contributed by atoms with Crippen molar-refractivity contribution >= 4 is 58.6 Å². The van der Waals surface area contributed by atoms with E-state index in [0.717, 1.165) is 5.56 Å². The summed E-state index contributed by atoms with van der Waals surface area (Å²) in [4.78, 5) is 39.1. The van der Waals surface area contributed by atoms with Gasteiger partial charge in [0.1, 0.15) is 6.33 Å². The largest absolute Gasteiger partial charge is 0.453 e. The van der Waals surface area contributed by atoms with Crippen molar-refractivity contribution < 1.29 is 19.1 Å². The van der Waals surface area contributed by atoms with E-state index in [0.29, 0.717) is 50.9 Å². The van der Waals surface area contributed by atoms with Crippen LogP contribution < -0.4 is 16.0 Å². The number of anilines is 2. The molecule has 0 saturated heterocycles. The lowest BCUT2D eigenvalue weighted by atomic mass is 10.00. The molecule has 0 saturated carbocycles. The number of likely N-dealkylation sites (N-methyl/N-ethyl adjacent to an activating group) is 1. The third kappa shape index (κ3) is 9.69. The van der Waals surface area contributed by atoms with E-state index >= 15 is 0 Å². The quantitative estimate of drug-likeness (QED) is 0.146. The van der Waals surface area contributed by atoms with Crippen LogP contribution >= 0.6 is 23.2 Å². The Morgan fingerprint density at radius 1 is 0.940 bits per heavy atom. The number of nitrogens with zero attached hydrogens (tertiary/aromatic N) is 7. The van der Waals surface area contributed by atoms with Crippen LogP contribution in [0.1, 0.15) is 22.9 Å². The van der Waals surface area contributed by atoms with Gasteiger partial charge in [0.2, 0.25) is 11.8 Å². The molecule has 1 unspecified atom stereocenters. The number of amides is 3. The molecule has 5 rings (SSSR count). The van der Waals surface area contributed by atoms with Crippen molar-refractivity contribution in [3.63, 3.8) is 0 Å². The molecule has 16 heteroatoms. The molecule has 0 fully saturated rings. The first-order valence-corrected chi connectivity index (χ1v) is 15.9. The summed E-state index contributed by atoms with van der Waals surface area (Å²) in [6, 6.07) is 20.5. The number of methoxy groups -OCH3 is 1. The van der Waals surface area contributed by atoms with E-state index in [9.17, 15) is 14.4 Å². The van der Waals surface area contributed by atoms with E-state index in [2.05, 4.69) is 46.4 Å². The number of aromatic nitrogens is 6. The van der Waals surface area contributed by atoms with Crippen molar-refractivity contribution in [2.75, 3.05) is 38.4 Å². The number of carbonyl (C=O) groups is 3. The summed E-state index contributed by atoms with van der Waals surface area (Å²) < 4.78 is 6.12. The van der Waals surface area contributed by atoms with Gasteiger partial charge < -0.3 is 20.3 Å². The Hall–Kier alpha value is -5.70. The van der Waals surface area contributed by atoms with E-state index in [-0.39, 0.29) is 17.6 Å². The number of rotatable bonds is 12. The molecule has 0 aliphatic heterocycles. The van der Waals surface area contributed by atoms with Crippen LogP contribution in [0, 0.1) is 0 Å². The maximum absolute atomic E-state index is 13.5. The first-order valence-electron chi connectivity index (χ1n) is 15.1. The number of ether oxygens (including phenoxy) is 1. The van der Waals surface area contributed by atoms with Gasteiger partial charge >= 0.3 is 6.09 Å². The SMILES string of the molecule is COC(=O)Nc1ccc(-c2cc(C(Cc3ccc(NC(=O)CN(C)C)cc3)NC(=O)/C=C/c3cc(Cl)ccc3-n3cnnn3)nnc2Cl)cc1. The zero-order chi connectivity index (χ0) is 35.6. The molecule has 0 aliphatic rings. The predicted octanol–water partition coefficient (Wildman–Crippen LogP) is 5.22. The van der Waals surface area contributed by atoms with E-state index < -0.39 is 18.0 Å². The highest BCUT2D eigenvalue weighted by molar-refractivity contribution is 6.32. The first kappa shape index (κ1) is 35.6. The molecule has 0 bridgehead atoms. The van der Waals surface area contributed by atoms with Crippen molar-refractivity contribution in [1.29, 1.82) is 0 Å². The lowest BCUT2D eigenvalue weighted by Gasteiger charge is -2.19. The summed E-state index contributed by atoms with van der Waals surface area (Å²) >= 11 is 12.8. The number of hydrogen-bond acceptors (Lipinski definition) is 10. The second-order valence-corrected chi connectivity index (χ2v) is 12.0. The van der Waals surface area contributed by atoms with E-state index in [4.69, 9.17) is 23.2 Å². The Morgan fingerprint density at radius 3 is 2.34 bits per heavy atom. The van der Waals surface area contributed by atoms with Crippen molar-refractivity contribution in [2.24, 2.45) is 0 Å². The molecular formula is C34H32Cl2N10O4. The highest BCUT2D eigenvalue weighted by atomic mass is 35.5. The van der Waals surface area contributed by atoms with Gasteiger partial charge in [-0.25, -0.2) is 4.79 Å². The zero-order valence-electron chi connectivity index (χ0n) is 27.2. The smallest absolute Gasteiger partial charge is 0.411 e.